The quantitative estimate of drug-likeness (QED) is 0.178. The normalized spacial score (nSPS) is 11.4. The zero-order valence-electron chi connectivity index (χ0n) is 24.3. The number of nitrogens with zero attached hydrogens (tertiary/aromatic N) is 4. The van der Waals surface area contributed by atoms with Gasteiger partial charge in [0.15, 0.2) is 0 Å². The van der Waals surface area contributed by atoms with Crippen LogP contribution in [-0.4, -0.2) is 21.4 Å². The Balaban J connectivity index is 1.46. The lowest BCUT2D eigenvalue weighted by Crippen LogP contribution is -2.01. The molecule has 0 atom stereocenters. The van der Waals surface area contributed by atoms with Crippen LogP contribution in [0.25, 0.3) is 71.6 Å². The topological polar surface area (TPSA) is 63.7 Å². The predicted molar refractivity (Wildman–Crippen MR) is 182 cm³/mol. The van der Waals surface area contributed by atoms with Gasteiger partial charge in [0.1, 0.15) is 17.3 Å². The molecule has 8 rings (SSSR count). The van der Waals surface area contributed by atoms with Crippen molar-refractivity contribution in [1.29, 1.82) is 5.26 Å². The van der Waals surface area contributed by atoms with Gasteiger partial charge < -0.3 is 4.74 Å². The summed E-state index contributed by atoms with van der Waals surface area (Å²) >= 11 is 6.42. The third-order valence-corrected chi connectivity index (χ3v) is 8.54. The number of benzene rings is 6. The van der Waals surface area contributed by atoms with Crippen LogP contribution in [0.15, 0.2) is 121 Å². The number of rotatable bonds is 6. The van der Waals surface area contributed by atoms with E-state index in [1.165, 1.54) is 26.9 Å². The van der Waals surface area contributed by atoms with Gasteiger partial charge in [0.05, 0.1) is 18.0 Å². The highest BCUT2D eigenvalue weighted by Gasteiger charge is 2.24. The van der Waals surface area contributed by atoms with Crippen molar-refractivity contribution in [3.63, 3.8) is 0 Å². The van der Waals surface area contributed by atoms with Gasteiger partial charge in [-0.1, -0.05) is 103 Å². The van der Waals surface area contributed by atoms with Crippen molar-refractivity contribution in [1.82, 2.24) is 14.8 Å². The van der Waals surface area contributed by atoms with E-state index in [4.69, 9.17) is 26.4 Å². The molecule has 0 radical (unpaired) electrons. The van der Waals surface area contributed by atoms with Crippen LogP contribution in [0, 0.1) is 11.3 Å². The van der Waals surface area contributed by atoms with E-state index < -0.39 is 0 Å². The van der Waals surface area contributed by atoms with E-state index in [2.05, 4.69) is 60.7 Å². The molecular weight excluding hydrogens is 576 g/mol. The minimum atomic E-state index is 0.299. The second-order valence-electron chi connectivity index (χ2n) is 10.9. The first kappa shape index (κ1) is 26.9. The van der Waals surface area contributed by atoms with Gasteiger partial charge in [-0.3, -0.25) is 0 Å². The van der Waals surface area contributed by atoms with E-state index in [0.717, 1.165) is 33.5 Å². The van der Waals surface area contributed by atoms with Crippen LogP contribution in [0.2, 0.25) is 5.02 Å². The Labute approximate surface area is 264 Å². The number of hydrogen-bond acceptors (Lipinski definition) is 4. The molecule has 0 spiro atoms. The van der Waals surface area contributed by atoms with Gasteiger partial charge in [0.25, 0.3) is 0 Å². The number of ether oxygens (including phenoxy) is 1. The summed E-state index contributed by atoms with van der Waals surface area (Å²) in [5.41, 5.74) is 6.02. The molecule has 0 amide bonds. The zero-order valence-corrected chi connectivity index (χ0v) is 25.1. The van der Waals surface area contributed by atoms with Crippen molar-refractivity contribution >= 4 is 43.9 Å². The summed E-state index contributed by atoms with van der Waals surface area (Å²) in [6, 6.07) is 41.3. The van der Waals surface area contributed by atoms with Crippen LogP contribution in [0.3, 0.4) is 0 Å². The molecule has 6 heteroatoms. The van der Waals surface area contributed by atoms with Gasteiger partial charge in [-0.2, -0.15) is 10.4 Å². The molecule has 45 heavy (non-hydrogen) atoms. The molecule has 0 aliphatic rings. The first-order chi connectivity index (χ1) is 22.1. The molecule has 6 aromatic carbocycles. The molecule has 0 aliphatic carbocycles. The van der Waals surface area contributed by atoms with E-state index >= 15 is 0 Å². The first-order valence-electron chi connectivity index (χ1n) is 14.8. The summed E-state index contributed by atoms with van der Waals surface area (Å²) in [5.74, 6) is 0.299. The fourth-order valence-corrected chi connectivity index (χ4v) is 6.49. The van der Waals surface area contributed by atoms with Gasteiger partial charge in [0.2, 0.25) is 5.88 Å². The summed E-state index contributed by atoms with van der Waals surface area (Å²) in [4.78, 5) is 4.78. The average Bonchev–Trinajstić information content (AvgIpc) is 3.52. The highest BCUT2D eigenvalue weighted by atomic mass is 35.5. The Morgan fingerprint density at radius 2 is 1.49 bits per heavy atom. The Morgan fingerprint density at radius 3 is 2.24 bits per heavy atom. The van der Waals surface area contributed by atoms with E-state index in [-0.39, 0.29) is 0 Å². The fourth-order valence-electron chi connectivity index (χ4n) is 6.30. The monoisotopic (exact) mass is 600 g/mol. The molecule has 0 saturated heterocycles. The van der Waals surface area contributed by atoms with E-state index in [1.54, 1.807) is 0 Å². The van der Waals surface area contributed by atoms with E-state index in [1.807, 2.05) is 78.5 Å². The number of hydrogen-bond donors (Lipinski definition) is 0. The van der Waals surface area contributed by atoms with Gasteiger partial charge in [-0.05, 0) is 63.5 Å². The second kappa shape index (κ2) is 10.8. The van der Waals surface area contributed by atoms with Crippen LogP contribution in [-0.2, 0) is 0 Å². The summed E-state index contributed by atoms with van der Waals surface area (Å²) in [5, 5.41) is 23.4. The lowest BCUT2D eigenvalue weighted by atomic mass is 9.89. The van der Waals surface area contributed by atoms with Crippen molar-refractivity contribution in [3.05, 3.63) is 132 Å². The minimum Gasteiger partial charge on any atom is -0.477 e. The van der Waals surface area contributed by atoms with E-state index in [0.29, 0.717) is 34.3 Å². The highest BCUT2D eigenvalue weighted by molar-refractivity contribution is 6.30. The number of nitriles is 1. The maximum absolute atomic E-state index is 10.5. The van der Waals surface area contributed by atoms with Crippen molar-refractivity contribution in [2.75, 3.05) is 6.61 Å². The Bertz CT molecular complexity index is 2410. The minimum absolute atomic E-state index is 0.299. The van der Waals surface area contributed by atoms with Gasteiger partial charge >= 0.3 is 0 Å². The second-order valence-corrected chi connectivity index (χ2v) is 11.4. The third kappa shape index (κ3) is 4.47. The summed E-state index contributed by atoms with van der Waals surface area (Å²) in [7, 11) is 0. The number of halogens is 1. The molecule has 0 aliphatic heterocycles. The predicted octanol–water partition coefficient (Wildman–Crippen LogP) is 10.1. The molecule has 0 N–H and O–H groups in total. The molecule has 2 aromatic heterocycles. The zero-order chi connectivity index (χ0) is 30.5. The van der Waals surface area contributed by atoms with Crippen LogP contribution in [0.5, 0.6) is 5.88 Å². The lowest BCUT2D eigenvalue weighted by molar-refractivity contribution is 0.326. The standard InChI is InChI=1S/C39H25ClN4O/c1-2-45-39-33(22-41)32(21-35(42-39)24-8-4-3-5-9-24)34-23-44(29-13-7-12-28(40)20-29)43-38(34)31-19-17-27-15-14-25-10-6-11-26-16-18-30(31)37(27)36(25)26/h3-21,23H,2H2,1H3. The van der Waals surface area contributed by atoms with Crippen LogP contribution < -0.4 is 4.74 Å². The Kier molecular flexibility index (Phi) is 6.44. The Hall–Kier alpha value is -5.70. The van der Waals surface area contributed by atoms with Crippen molar-refractivity contribution < 1.29 is 4.74 Å². The van der Waals surface area contributed by atoms with Crippen molar-refractivity contribution in [2.45, 2.75) is 6.92 Å². The number of pyridine rings is 1. The molecule has 0 unspecified atom stereocenters. The molecular formula is C39H25ClN4O. The van der Waals surface area contributed by atoms with Crippen molar-refractivity contribution in [2.24, 2.45) is 0 Å². The maximum Gasteiger partial charge on any atom is 0.232 e. The summed E-state index contributed by atoms with van der Waals surface area (Å²) in [6.45, 7) is 2.27. The summed E-state index contributed by atoms with van der Waals surface area (Å²) < 4.78 is 7.81. The molecule has 8 aromatic rings. The van der Waals surface area contributed by atoms with Crippen LogP contribution in [0.1, 0.15) is 12.5 Å². The molecule has 0 fully saturated rings. The molecule has 0 saturated carbocycles. The molecule has 5 nitrogen and oxygen atoms in total. The van der Waals surface area contributed by atoms with Crippen LogP contribution in [0.4, 0.5) is 0 Å². The number of aromatic nitrogens is 3. The maximum atomic E-state index is 10.5. The first-order valence-corrected chi connectivity index (χ1v) is 15.2. The summed E-state index contributed by atoms with van der Waals surface area (Å²) in [6.07, 6.45) is 1.97. The smallest absolute Gasteiger partial charge is 0.232 e. The van der Waals surface area contributed by atoms with Gasteiger partial charge in [-0.25, -0.2) is 9.67 Å². The van der Waals surface area contributed by atoms with E-state index in [9.17, 15) is 5.26 Å². The van der Waals surface area contributed by atoms with Gasteiger partial charge in [-0.15, -0.1) is 0 Å². The molecule has 2 heterocycles. The fraction of sp³-hybridized carbons (Fsp3) is 0.0513. The largest absolute Gasteiger partial charge is 0.477 e. The lowest BCUT2D eigenvalue weighted by Gasteiger charge is -2.15. The van der Waals surface area contributed by atoms with Gasteiger partial charge in [0, 0.05) is 33.5 Å². The third-order valence-electron chi connectivity index (χ3n) is 8.31. The van der Waals surface area contributed by atoms with Crippen molar-refractivity contribution in [3.8, 4) is 51.3 Å². The highest BCUT2D eigenvalue weighted by Crippen LogP contribution is 2.43. The molecule has 0 bridgehead atoms. The average molecular weight is 601 g/mol. The van der Waals surface area contributed by atoms with Crippen LogP contribution >= 0.6 is 11.6 Å². The molecule has 214 valence electrons. The SMILES string of the molecule is CCOc1nc(-c2ccccc2)cc(-c2cn(-c3cccc(Cl)c3)nc2-c2ccc3ccc4cccc5ccc2c3c45)c1C#N. The Morgan fingerprint density at radius 1 is 0.756 bits per heavy atom.